The summed E-state index contributed by atoms with van der Waals surface area (Å²) in [5.41, 5.74) is -0.291. The van der Waals surface area contributed by atoms with Crippen molar-refractivity contribution in [1.29, 1.82) is 0 Å². The van der Waals surface area contributed by atoms with E-state index in [0.29, 0.717) is 4.31 Å². The predicted octanol–water partition coefficient (Wildman–Crippen LogP) is 2.20. The average Bonchev–Trinajstić information content (AvgIpc) is 2.27. The third-order valence-corrected chi connectivity index (χ3v) is 3.58. The smallest absolute Gasteiger partial charge is 0.327 e. The van der Waals surface area contributed by atoms with Gasteiger partial charge in [-0.2, -0.15) is 0 Å². The lowest BCUT2D eigenvalue weighted by Gasteiger charge is -2.22. The van der Waals surface area contributed by atoms with E-state index < -0.39 is 34.5 Å². The van der Waals surface area contributed by atoms with Crippen LogP contribution in [0.1, 0.15) is 13.8 Å². The first kappa shape index (κ1) is 16.7. The standard InChI is InChI=1S/C12H15ClFNO4S/c1-8(2)19-12(16)7-15(20(3,17)18)11-6-9(13)4-5-10(11)14/h4-6,8H,7H2,1-3H3. The number of carbonyl (C=O) groups excluding carboxylic acids is 1. The minimum absolute atomic E-state index is 0.160. The van der Waals surface area contributed by atoms with Gasteiger partial charge < -0.3 is 4.74 Å². The second-order valence-electron chi connectivity index (χ2n) is 4.40. The Balaban J connectivity index is 3.14. The number of carbonyl (C=O) groups is 1. The Morgan fingerprint density at radius 2 is 2.05 bits per heavy atom. The van der Waals surface area contributed by atoms with Crippen LogP contribution in [-0.4, -0.2) is 33.3 Å². The highest BCUT2D eigenvalue weighted by Crippen LogP contribution is 2.25. The van der Waals surface area contributed by atoms with E-state index in [1.807, 2.05) is 0 Å². The van der Waals surface area contributed by atoms with Crippen molar-refractivity contribution >= 4 is 33.3 Å². The molecule has 1 aromatic rings. The molecule has 0 N–H and O–H groups in total. The molecule has 1 rings (SSSR count). The molecular weight excluding hydrogens is 309 g/mol. The van der Waals surface area contributed by atoms with Crippen LogP contribution in [-0.2, 0) is 19.6 Å². The van der Waals surface area contributed by atoms with Crippen LogP contribution < -0.4 is 4.31 Å². The van der Waals surface area contributed by atoms with E-state index in [4.69, 9.17) is 16.3 Å². The molecule has 0 unspecified atom stereocenters. The molecule has 0 radical (unpaired) electrons. The SMILES string of the molecule is CC(C)OC(=O)CN(c1cc(Cl)ccc1F)S(C)(=O)=O. The number of hydrogen-bond donors (Lipinski definition) is 0. The fraction of sp³-hybridized carbons (Fsp3) is 0.417. The zero-order chi connectivity index (χ0) is 15.5. The number of esters is 1. The number of ether oxygens (including phenoxy) is 1. The third kappa shape index (κ3) is 4.64. The fourth-order valence-corrected chi connectivity index (χ4v) is 2.48. The highest BCUT2D eigenvalue weighted by molar-refractivity contribution is 7.92. The zero-order valence-electron chi connectivity index (χ0n) is 11.3. The van der Waals surface area contributed by atoms with Gasteiger partial charge in [-0.1, -0.05) is 11.6 Å². The van der Waals surface area contributed by atoms with Crippen molar-refractivity contribution in [2.75, 3.05) is 17.1 Å². The first-order valence-electron chi connectivity index (χ1n) is 5.73. The Labute approximate surface area is 122 Å². The molecule has 0 saturated carbocycles. The van der Waals surface area contributed by atoms with E-state index in [1.54, 1.807) is 13.8 Å². The molecule has 0 atom stereocenters. The summed E-state index contributed by atoms with van der Waals surface area (Å²) in [6, 6.07) is 3.46. The number of hydrogen-bond acceptors (Lipinski definition) is 4. The maximum absolute atomic E-state index is 13.7. The van der Waals surface area contributed by atoms with Gasteiger partial charge in [-0.25, -0.2) is 12.8 Å². The van der Waals surface area contributed by atoms with E-state index in [1.165, 1.54) is 6.07 Å². The molecule has 0 amide bonds. The quantitative estimate of drug-likeness (QED) is 0.779. The minimum atomic E-state index is -3.85. The molecule has 5 nitrogen and oxygen atoms in total. The van der Waals surface area contributed by atoms with Crippen LogP contribution in [0.2, 0.25) is 5.02 Å². The number of anilines is 1. The van der Waals surface area contributed by atoms with Crippen molar-refractivity contribution in [2.24, 2.45) is 0 Å². The Hall–Kier alpha value is -1.34. The summed E-state index contributed by atoms with van der Waals surface area (Å²) >= 11 is 5.73. The number of nitrogens with zero attached hydrogens (tertiary/aromatic N) is 1. The third-order valence-electron chi connectivity index (χ3n) is 2.22. The van der Waals surface area contributed by atoms with Crippen LogP contribution in [0.4, 0.5) is 10.1 Å². The molecule has 20 heavy (non-hydrogen) atoms. The van der Waals surface area contributed by atoms with Crippen LogP contribution in [0, 0.1) is 5.82 Å². The summed E-state index contributed by atoms with van der Waals surface area (Å²) in [5, 5.41) is 0.160. The van der Waals surface area contributed by atoms with Gasteiger partial charge in [-0.3, -0.25) is 9.10 Å². The van der Waals surface area contributed by atoms with Crippen molar-refractivity contribution in [3.05, 3.63) is 29.0 Å². The average molecular weight is 324 g/mol. The van der Waals surface area contributed by atoms with Crippen LogP contribution >= 0.6 is 11.6 Å². The van der Waals surface area contributed by atoms with Crippen molar-refractivity contribution < 1.29 is 22.3 Å². The second-order valence-corrected chi connectivity index (χ2v) is 6.75. The van der Waals surface area contributed by atoms with E-state index in [0.717, 1.165) is 18.4 Å². The summed E-state index contributed by atoms with van der Waals surface area (Å²) in [7, 11) is -3.85. The molecule has 1 aromatic carbocycles. The molecular formula is C12H15ClFNO4S. The normalized spacial score (nSPS) is 11.5. The highest BCUT2D eigenvalue weighted by atomic mass is 35.5. The van der Waals surface area contributed by atoms with Crippen molar-refractivity contribution in [3.63, 3.8) is 0 Å². The van der Waals surface area contributed by atoms with Gasteiger partial charge in [0.1, 0.15) is 12.4 Å². The van der Waals surface area contributed by atoms with E-state index in [9.17, 15) is 17.6 Å². The largest absolute Gasteiger partial charge is 0.462 e. The van der Waals surface area contributed by atoms with Gasteiger partial charge in [0, 0.05) is 5.02 Å². The Bertz CT molecular complexity index is 603. The number of benzene rings is 1. The summed E-state index contributed by atoms with van der Waals surface area (Å²) in [5.74, 6) is -1.57. The molecule has 112 valence electrons. The summed E-state index contributed by atoms with van der Waals surface area (Å²) < 4.78 is 42.7. The minimum Gasteiger partial charge on any atom is -0.462 e. The molecule has 0 spiro atoms. The van der Waals surface area contributed by atoms with Gasteiger partial charge in [0.25, 0.3) is 0 Å². The fourth-order valence-electron chi connectivity index (χ4n) is 1.48. The topological polar surface area (TPSA) is 63.7 Å². The van der Waals surface area contributed by atoms with Crippen molar-refractivity contribution in [2.45, 2.75) is 20.0 Å². The van der Waals surface area contributed by atoms with Gasteiger partial charge in [-0.05, 0) is 32.0 Å². The summed E-state index contributed by atoms with van der Waals surface area (Å²) in [6.07, 6.45) is 0.476. The maximum Gasteiger partial charge on any atom is 0.327 e. The summed E-state index contributed by atoms with van der Waals surface area (Å²) in [6.45, 7) is 2.64. The first-order valence-corrected chi connectivity index (χ1v) is 7.96. The molecule has 0 aromatic heterocycles. The van der Waals surface area contributed by atoms with E-state index >= 15 is 0 Å². The number of sulfonamides is 1. The monoisotopic (exact) mass is 323 g/mol. The van der Waals surface area contributed by atoms with E-state index in [2.05, 4.69) is 0 Å². The Morgan fingerprint density at radius 1 is 1.45 bits per heavy atom. The molecule has 0 aliphatic carbocycles. The lowest BCUT2D eigenvalue weighted by molar-refractivity contribution is -0.145. The van der Waals surface area contributed by atoms with Gasteiger partial charge in [0.05, 0.1) is 18.0 Å². The lowest BCUT2D eigenvalue weighted by Crippen LogP contribution is -2.37. The van der Waals surface area contributed by atoms with Crippen molar-refractivity contribution in [1.82, 2.24) is 0 Å². The zero-order valence-corrected chi connectivity index (χ0v) is 12.8. The molecule has 0 saturated heterocycles. The molecule has 0 bridgehead atoms. The van der Waals surface area contributed by atoms with Gasteiger partial charge in [0.2, 0.25) is 10.0 Å². The lowest BCUT2D eigenvalue weighted by atomic mass is 10.3. The number of halogens is 2. The molecule has 0 fully saturated rings. The molecule has 0 aliphatic rings. The van der Waals surface area contributed by atoms with Crippen LogP contribution in [0.5, 0.6) is 0 Å². The van der Waals surface area contributed by atoms with Gasteiger partial charge in [-0.15, -0.1) is 0 Å². The molecule has 0 aliphatic heterocycles. The van der Waals surface area contributed by atoms with Crippen LogP contribution in [0.3, 0.4) is 0 Å². The summed E-state index contributed by atoms with van der Waals surface area (Å²) in [4.78, 5) is 11.6. The second kappa shape index (κ2) is 6.41. The number of rotatable bonds is 5. The Kier molecular flexibility index (Phi) is 5.35. The first-order chi connectivity index (χ1) is 9.11. The van der Waals surface area contributed by atoms with Crippen LogP contribution in [0.15, 0.2) is 18.2 Å². The van der Waals surface area contributed by atoms with Gasteiger partial charge in [0.15, 0.2) is 0 Å². The van der Waals surface area contributed by atoms with Gasteiger partial charge >= 0.3 is 5.97 Å². The molecule has 0 heterocycles. The maximum atomic E-state index is 13.7. The van der Waals surface area contributed by atoms with Crippen LogP contribution in [0.25, 0.3) is 0 Å². The molecule has 8 heteroatoms. The van der Waals surface area contributed by atoms with E-state index in [-0.39, 0.29) is 10.7 Å². The Morgan fingerprint density at radius 3 is 2.55 bits per heavy atom. The van der Waals surface area contributed by atoms with Crippen molar-refractivity contribution in [3.8, 4) is 0 Å². The predicted molar refractivity (Wildman–Crippen MR) is 74.8 cm³/mol. The highest BCUT2D eigenvalue weighted by Gasteiger charge is 2.25.